The Morgan fingerprint density at radius 1 is 1.13 bits per heavy atom. The number of aromatic nitrogens is 2. The highest BCUT2D eigenvalue weighted by Gasteiger charge is 2.33. The first kappa shape index (κ1) is 22.6. The van der Waals surface area contributed by atoms with Crippen LogP contribution in [-0.4, -0.2) is 36.0 Å². The maximum atomic E-state index is 13.5. The van der Waals surface area contributed by atoms with Gasteiger partial charge in [-0.15, -0.1) is 0 Å². The minimum absolute atomic E-state index is 0.0183. The van der Waals surface area contributed by atoms with Gasteiger partial charge in [0.1, 0.15) is 10.6 Å². The number of halogens is 2. The first-order valence-corrected chi connectivity index (χ1v) is 11.4. The molecule has 0 aliphatic carbocycles. The van der Waals surface area contributed by atoms with Gasteiger partial charge >= 0.3 is 0 Å². The summed E-state index contributed by atoms with van der Waals surface area (Å²) in [7, 11) is -2.55. The minimum Gasteiger partial charge on any atom is -0.495 e. The second kappa shape index (κ2) is 9.34. The maximum absolute atomic E-state index is 13.5. The monoisotopic (exact) mass is 469 g/mol. The normalized spacial score (nSPS) is 12.9. The number of hydrogen-bond donors (Lipinski definition) is 0. The van der Waals surface area contributed by atoms with Gasteiger partial charge in [-0.25, -0.2) is 8.42 Å². The number of hydrogen-bond acceptors (Lipinski definition) is 6. The molecule has 1 heterocycles. The predicted octanol–water partition coefficient (Wildman–Crippen LogP) is 5.04. The maximum Gasteiger partial charge on any atom is 0.247 e. The standard InChI is InChI=1S/C20H21Cl2N3O4S/c1-4-13(2)25(30(26,27)18-11-16(22)9-10-17(18)28-3)12-19-23-20(24-29-19)14-5-7-15(21)8-6-14/h5-11,13H,4,12H2,1-3H3/t13-/m0/s1. The Hall–Kier alpha value is -2.13. The number of rotatable bonds is 8. The molecule has 0 amide bonds. The number of methoxy groups -OCH3 is 1. The molecule has 10 heteroatoms. The fourth-order valence-electron chi connectivity index (χ4n) is 2.83. The summed E-state index contributed by atoms with van der Waals surface area (Å²) in [6.45, 7) is 3.62. The lowest BCUT2D eigenvalue weighted by atomic mass is 10.2. The topological polar surface area (TPSA) is 85.5 Å². The van der Waals surface area contributed by atoms with Gasteiger partial charge in [-0.1, -0.05) is 35.3 Å². The SMILES string of the molecule is CC[C@H](C)N(Cc1nc(-c2ccc(Cl)cc2)no1)S(=O)(=O)c1cc(Cl)ccc1OC. The molecule has 1 aromatic heterocycles. The van der Waals surface area contributed by atoms with E-state index in [-0.39, 0.29) is 29.1 Å². The second-order valence-electron chi connectivity index (χ2n) is 6.62. The van der Waals surface area contributed by atoms with Crippen molar-refractivity contribution < 1.29 is 17.7 Å². The molecule has 0 N–H and O–H groups in total. The summed E-state index contributed by atoms with van der Waals surface area (Å²) in [5.41, 5.74) is 0.712. The van der Waals surface area contributed by atoms with Gasteiger partial charge < -0.3 is 9.26 Å². The Kier molecular flexibility index (Phi) is 7.02. The Labute approximate surface area is 185 Å². The van der Waals surface area contributed by atoms with Crippen molar-refractivity contribution in [3.63, 3.8) is 0 Å². The van der Waals surface area contributed by atoms with Crippen LogP contribution in [0.25, 0.3) is 11.4 Å². The van der Waals surface area contributed by atoms with E-state index in [9.17, 15) is 8.42 Å². The van der Waals surface area contributed by atoms with Crippen molar-refractivity contribution in [2.45, 2.75) is 37.8 Å². The van der Waals surface area contributed by atoms with Crippen LogP contribution in [0.2, 0.25) is 10.0 Å². The largest absolute Gasteiger partial charge is 0.495 e. The highest BCUT2D eigenvalue weighted by molar-refractivity contribution is 7.89. The fraction of sp³-hybridized carbons (Fsp3) is 0.300. The highest BCUT2D eigenvalue weighted by atomic mass is 35.5. The summed E-state index contributed by atoms with van der Waals surface area (Å²) in [4.78, 5) is 4.33. The Balaban J connectivity index is 1.96. The van der Waals surface area contributed by atoms with Gasteiger partial charge in [0, 0.05) is 21.7 Å². The van der Waals surface area contributed by atoms with E-state index >= 15 is 0 Å². The van der Waals surface area contributed by atoms with Crippen LogP contribution in [0.15, 0.2) is 51.9 Å². The molecule has 0 aliphatic rings. The van der Waals surface area contributed by atoms with Crippen LogP contribution in [-0.2, 0) is 16.6 Å². The van der Waals surface area contributed by atoms with Crippen molar-refractivity contribution in [3.05, 3.63) is 58.4 Å². The van der Waals surface area contributed by atoms with Gasteiger partial charge in [-0.3, -0.25) is 0 Å². The molecule has 30 heavy (non-hydrogen) atoms. The minimum atomic E-state index is -3.96. The van der Waals surface area contributed by atoms with Gasteiger partial charge in [-0.05, 0) is 55.8 Å². The molecule has 0 aliphatic heterocycles. The average Bonchev–Trinajstić information content (AvgIpc) is 3.20. The van der Waals surface area contributed by atoms with Gasteiger partial charge in [0.15, 0.2) is 0 Å². The summed E-state index contributed by atoms with van der Waals surface area (Å²) >= 11 is 12.0. The molecule has 1 atom stereocenters. The van der Waals surface area contributed by atoms with Crippen LogP contribution >= 0.6 is 23.2 Å². The summed E-state index contributed by atoms with van der Waals surface area (Å²) < 4.78 is 38.8. The number of nitrogens with zero attached hydrogens (tertiary/aromatic N) is 3. The lowest BCUT2D eigenvalue weighted by Gasteiger charge is -2.27. The predicted molar refractivity (Wildman–Crippen MR) is 115 cm³/mol. The van der Waals surface area contributed by atoms with E-state index in [1.54, 1.807) is 30.3 Å². The number of ether oxygens (including phenoxy) is 1. The Bertz CT molecular complexity index is 1120. The molecule has 0 radical (unpaired) electrons. The molecule has 2 aromatic carbocycles. The summed E-state index contributed by atoms with van der Waals surface area (Å²) in [5, 5.41) is 4.84. The van der Waals surface area contributed by atoms with Crippen molar-refractivity contribution in [1.29, 1.82) is 0 Å². The van der Waals surface area contributed by atoms with E-state index in [1.165, 1.54) is 23.5 Å². The molecule has 0 spiro atoms. The molecule has 3 rings (SSSR count). The second-order valence-corrected chi connectivity index (χ2v) is 9.35. The van der Waals surface area contributed by atoms with Crippen LogP contribution in [0, 0.1) is 0 Å². The smallest absolute Gasteiger partial charge is 0.247 e. The molecular weight excluding hydrogens is 449 g/mol. The zero-order chi connectivity index (χ0) is 21.9. The summed E-state index contributed by atoms with van der Waals surface area (Å²) in [6, 6.07) is 11.1. The zero-order valence-electron chi connectivity index (χ0n) is 16.7. The molecule has 0 saturated carbocycles. The van der Waals surface area contributed by atoms with E-state index in [0.717, 1.165) is 0 Å². The average molecular weight is 470 g/mol. The summed E-state index contributed by atoms with van der Waals surface area (Å²) in [5.74, 6) is 0.730. The first-order valence-electron chi connectivity index (χ1n) is 9.20. The Morgan fingerprint density at radius 3 is 2.43 bits per heavy atom. The van der Waals surface area contributed by atoms with Gasteiger partial charge in [0.25, 0.3) is 0 Å². The first-order chi connectivity index (χ1) is 14.3. The molecule has 3 aromatic rings. The molecule has 0 fully saturated rings. The zero-order valence-corrected chi connectivity index (χ0v) is 19.0. The van der Waals surface area contributed by atoms with Crippen LogP contribution in [0.1, 0.15) is 26.2 Å². The lowest BCUT2D eigenvalue weighted by Crippen LogP contribution is -2.38. The van der Waals surface area contributed by atoms with E-state index in [4.69, 9.17) is 32.5 Å². The van der Waals surface area contributed by atoms with Crippen molar-refractivity contribution >= 4 is 33.2 Å². The van der Waals surface area contributed by atoms with E-state index in [0.29, 0.717) is 27.9 Å². The van der Waals surface area contributed by atoms with Crippen LogP contribution in [0.4, 0.5) is 0 Å². The third-order valence-electron chi connectivity index (χ3n) is 4.66. The van der Waals surface area contributed by atoms with Crippen LogP contribution < -0.4 is 4.74 Å². The van der Waals surface area contributed by atoms with Crippen LogP contribution in [0.3, 0.4) is 0 Å². The third-order valence-corrected chi connectivity index (χ3v) is 7.12. The third kappa shape index (κ3) is 4.78. The van der Waals surface area contributed by atoms with Crippen molar-refractivity contribution in [2.24, 2.45) is 0 Å². The van der Waals surface area contributed by atoms with E-state index < -0.39 is 10.0 Å². The van der Waals surface area contributed by atoms with E-state index in [1.807, 2.05) is 13.8 Å². The molecule has 0 unspecified atom stereocenters. The van der Waals surface area contributed by atoms with Crippen molar-refractivity contribution in [1.82, 2.24) is 14.4 Å². The summed E-state index contributed by atoms with van der Waals surface area (Å²) in [6.07, 6.45) is 0.584. The fourth-order valence-corrected chi connectivity index (χ4v) is 5.03. The number of sulfonamides is 1. The molecule has 0 bridgehead atoms. The van der Waals surface area contributed by atoms with Gasteiger partial charge in [0.05, 0.1) is 13.7 Å². The molecule has 160 valence electrons. The van der Waals surface area contributed by atoms with Crippen LogP contribution in [0.5, 0.6) is 5.75 Å². The molecule has 0 saturated heterocycles. The molecular formula is C20H21Cl2N3O4S. The quantitative estimate of drug-likeness (QED) is 0.459. The Morgan fingerprint density at radius 2 is 1.80 bits per heavy atom. The lowest BCUT2D eigenvalue weighted by molar-refractivity contribution is 0.271. The van der Waals surface area contributed by atoms with E-state index in [2.05, 4.69) is 10.1 Å². The van der Waals surface area contributed by atoms with Crippen molar-refractivity contribution in [3.8, 4) is 17.1 Å². The highest BCUT2D eigenvalue weighted by Crippen LogP contribution is 2.32. The van der Waals surface area contributed by atoms with Crippen molar-refractivity contribution in [2.75, 3.05) is 7.11 Å². The van der Waals surface area contributed by atoms with Gasteiger partial charge in [0.2, 0.25) is 21.7 Å². The molecule has 7 nitrogen and oxygen atoms in total. The number of benzene rings is 2. The van der Waals surface area contributed by atoms with Gasteiger partial charge in [-0.2, -0.15) is 9.29 Å².